The molecule has 12 heavy (non-hydrogen) atoms. The highest BCUT2D eigenvalue weighted by molar-refractivity contribution is 14.1. The van der Waals surface area contributed by atoms with Crippen molar-refractivity contribution in [3.63, 3.8) is 0 Å². The summed E-state index contributed by atoms with van der Waals surface area (Å²) in [7, 11) is 0. The van der Waals surface area contributed by atoms with Gasteiger partial charge in [0, 0.05) is 3.57 Å². The Morgan fingerprint density at radius 3 is 2.75 bits per heavy atom. The maximum Gasteiger partial charge on any atom is 0.190 e. The fourth-order valence-electron chi connectivity index (χ4n) is 0.818. The Labute approximate surface area is 89.4 Å². The second-order valence-electron chi connectivity index (χ2n) is 2.45. The van der Waals surface area contributed by atoms with Crippen molar-refractivity contribution in [3.8, 4) is 0 Å². The summed E-state index contributed by atoms with van der Waals surface area (Å²) < 4.78 is 1.10. The molecule has 64 valence electrons. The minimum atomic E-state index is -0.765. The number of nitrogens with zero attached hydrogens (tertiary/aromatic N) is 1. The van der Waals surface area contributed by atoms with Gasteiger partial charge < -0.3 is 0 Å². The fourth-order valence-corrected chi connectivity index (χ4v) is 1.49. The molecule has 0 aliphatic carbocycles. The van der Waals surface area contributed by atoms with Gasteiger partial charge in [-0.15, -0.1) is 4.91 Å². The van der Waals surface area contributed by atoms with Crippen LogP contribution in [0.4, 0.5) is 0 Å². The molecule has 1 atom stereocenters. The van der Waals surface area contributed by atoms with Crippen molar-refractivity contribution in [3.05, 3.63) is 37.8 Å². The number of hydrogen-bond acceptors (Lipinski definition) is 2. The molecule has 1 unspecified atom stereocenters. The van der Waals surface area contributed by atoms with Crippen molar-refractivity contribution in [2.75, 3.05) is 0 Å². The second kappa shape index (κ2) is 4.18. The maximum absolute atomic E-state index is 10.1. The van der Waals surface area contributed by atoms with Crippen LogP contribution in [-0.2, 0) is 0 Å². The van der Waals surface area contributed by atoms with Gasteiger partial charge in [-0.2, -0.15) is 0 Å². The lowest BCUT2D eigenvalue weighted by Gasteiger charge is -2.03. The van der Waals surface area contributed by atoms with Gasteiger partial charge in [-0.05, 0) is 51.9 Å². The number of alkyl halides is 1. The SMILES string of the molecule is Cc1ccc(C(Cl)N=O)cc1I. The van der Waals surface area contributed by atoms with Crippen molar-refractivity contribution >= 4 is 34.2 Å². The van der Waals surface area contributed by atoms with Crippen LogP contribution < -0.4 is 0 Å². The average Bonchev–Trinajstić information content (AvgIpc) is 2.08. The van der Waals surface area contributed by atoms with Crippen molar-refractivity contribution in [2.24, 2.45) is 5.18 Å². The van der Waals surface area contributed by atoms with Crippen LogP contribution >= 0.6 is 34.2 Å². The summed E-state index contributed by atoms with van der Waals surface area (Å²) in [5.74, 6) is 0. The van der Waals surface area contributed by atoms with E-state index in [4.69, 9.17) is 11.6 Å². The first-order valence-electron chi connectivity index (χ1n) is 3.37. The molecule has 1 aromatic rings. The van der Waals surface area contributed by atoms with E-state index in [1.165, 1.54) is 5.56 Å². The van der Waals surface area contributed by atoms with Crippen LogP contribution in [0.2, 0.25) is 0 Å². The number of nitroso groups, excluding NO2 is 1. The highest BCUT2D eigenvalue weighted by atomic mass is 127. The van der Waals surface area contributed by atoms with Crippen molar-refractivity contribution in [1.82, 2.24) is 0 Å². The Morgan fingerprint density at radius 2 is 2.25 bits per heavy atom. The molecular weight excluding hydrogens is 288 g/mol. The summed E-state index contributed by atoms with van der Waals surface area (Å²) in [5.41, 5.74) is 1.16. The third kappa shape index (κ3) is 2.17. The summed E-state index contributed by atoms with van der Waals surface area (Å²) >= 11 is 7.83. The van der Waals surface area contributed by atoms with Gasteiger partial charge in [-0.25, -0.2) is 0 Å². The monoisotopic (exact) mass is 295 g/mol. The van der Waals surface area contributed by atoms with Crippen LogP contribution in [0.25, 0.3) is 0 Å². The zero-order valence-electron chi connectivity index (χ0n) is 6.42. The first kappa shape index (κ1) is 9.92. The van der Waals surface area contributed by atoms with Crippen LogP contribution in [0.5, 0.6) is 0 Å². The lowest BCUT2D eigenvalue weighted by molar-refractivity contribution is 1.00. The van der Waals surface area contributed by atoms with Crippen molar-refractivity contribution < 1.29 is 0 Å². The van der Waals surface area contributed by atoms with Crippen LogP contribution in [-0.4, -0.2) is 0 Å². The van der Waals surface area contributed by atoms with Crippen molar-refractivity contribution in [2.45, 2.75) is 12.4 Å². The zero-order chi connectivity index (χ0) is 9.14. The van der Waals surface area contributed by atoms with E-state index in [0.29, 0.717) is 0 Å². The molecule has 0 fully saturated rings. The smallest absolute Gasteiger partial charge is 0.149 e. The van der Waals surface area contributed by atoms with Gasteiger partial charge in [0.2, 0.25) is 0 Å². The molecule has 0 saturated heterocycles. The van der Waals surface area contributed by atoms with Gasteiger partial charge in [0.05, 0.1) is 0 Å². The van der Waals surface area contributed by atoms with E-state index in [1.807, 2.05) is 25.1 Å². The molecule has 0 saturated carbocycles. The number of halogens is 2. The first-order chi connectivity index (χ1) is 5.65. The predicted molar refractivity (Wildman–Crippen MR) is 58.3 cm³/mol. The van der Waals surface area contributed by atoms with Crippen LogP contribution in [0.1, 0.15) is 16.6 Å². The molecule has 0 heterocycles. The highest BCUT2D eigenvalue weighted by Gasteiger charge is 2.07. The van der Waals surface area contributed by atoms with E-state index in [0.717, 1.165) is 9.13 Å². The summed E-state index contributed by atoms with van der Waals surface area (Å²) in [6, 6.07) is 5.61. The predicted octanol–water partition coefficient (Wildman–Crippen LogP) is 3.60. The van der Waals surface area contributed by atoms with Gasteiger partial charge in [-0.3, -0.25) is 0 Å². The van der Waals surface area contributed by atoms with E-state index < -0.39 is 5.50 Å². The Kier molecular flexibility index (Phi) is 3.46. The highest BCUT2D eigenvalue weighted by Crippen LogP contribution is 2.24. The minimum Gasteiger partial charge on any atom is -0.149 e. The van der Waals surface area contributed by atoms with Gasteiger partial charge >= 0.3 is 0 Å². The number of rotatable bonds is 2. The first-order valence-corrected chi connectivity index (χ1v) is 4.89. The summed E-state index contributed by atoms with van der Waals surface area (Å²) in [6.45, 7) is 2.00. The van der Waals surface area contributed by atoms with E-state index in [9.17, 15) is 4.91 Å². The van der Waals surface area contributed by atoms with E-state index in [2.05, 4.69) is 27.8 Å². The Hall–Kier alpha value is -0.160. The number of benzene rings is 1. The van der Waals surface area contributed by atoms with Crippen LogP contribution in [0, 0.1) is 15.4 Å². The normalized spacial score (nSPS) is 12.6. The van der Waals surface area contributed by atoms with Gasteiger partial charge in [0.1, 0.15) is 0 Å². The quantitative estimate of drug-likeness (QED) is 0.355. The Balaban J connectivity index is 3.04. The Bertz CT molecular complexity index is 303. The summed E-state index contributed by atoms with van der Waals surface area (Å²) in [4.78, 5) is 10.1. The third-order valence-electron chi connectivity index (χ3n) is 1.56. The molecule has 0 N–H and O–H groups in total. The third-order valence-corrected chi connectivity index (χ3v) is 3.06. The molecule has 4 heteroatoms. The number of hydrogen-bond donors (Lipinski definition) is 0. The molecule has 0 aromatic heterocycles. The van der Waals surface area contributed by atoms with E-state index >= 15 is 0 Å². The minimum absolute atomic E-state index is 0.752. The van der Waals surface area contributed by atoms with Gasteiger partial charge in [-0.1, -0.05) is 23.7 Å². The average molecular weight is 296 g/mol. The van der Waals surface area contributed by atoms with E-state index in [-0.39, 0.29) is 0 Å². The molecule has 0 spiro atoms. The zero-order valence-corrected chi connectivity index (χ0v) is 9.33. The topological polar surface area (TPSA) is 29.4 Å². The van der Waals surface area contributed by atoms with Crippen LogP contribution in [0.3, 0.4) is 0 Å². The lowest BCUT2D eigenvalue weighted by atomic mass is 10.1. The fraction of sp³-hybridized carbons (Fsp3) is 0.250. The molecule has 0 amide bonds. The number of aryl methyl sites for hydroxylation is 1. The lowest BCUT2D eigenvalue weighted by Crippen LogP contribution is -1.88. The summed E-state index contributed by atoms with van der Waals surface area (Å²) in [6.07, 6.45) is 0. The molecule has 2 nitrogen and oxygen atoms in total. The second-order valence-corrected chi connectivity index (χ2v) is 4.03. The molecule has 1 rings (SSSR count). The molecule has 0 radical (unpaired) electrons. The van der Waals surface area contributed by atoms with Crippen molar-refractivity contribution in [1.29, 1.82) is 0 Å². The maximum atomic E-state index is 10.1. The standard InChI is InChI=1S/C8H7ClINO/c1-5-2-3-6(4-7(5)10)8(9)11-12/h2-4,8H,1H3. The van der Waals surface area contributed by atoms with Gasteiger partial charge in [0.25, 0.3) is 0 Å². The molecular formula is C8H7ClINO. The molecule has 0 aliphatic heterocycles. The van der Waals surface area contributed by atoms with E-state index in [1.54, 1.807) is 0 Å². The Morgan fingerprint density at radius 1 is 1.58 bits per heavy atom. The van der Waals surface area contributed by atoms with Crippen LogP contribution in [0.15, 0.2) is 23.4 Å². The molecule has 0 bridgehead atoms. The molecule has 0 aliphatic rings. The largest absolute Gasteiger partial charge is 0.190 e. The van der Waals surface area contributed by atoms with Gasteiger partial charge in [0.15, 0.2) is 5.50 Å². The summed E-state index contributed by atoms with van der Waals surface area (Å²) in [5, 5.41) is 2.74. The molecule has 1 aromatic carbocycles.